The van der Waals surface area contributed by atoms with Crippen LogP contribution in [0.2, 0.25) is 0 Å². The number of carbonyl (C=O) groups is 1. The highest BCUT2D eigenvalue weighted by molar-refractivity contribution is 6.05. The highest BCUT2D eigenvalue weighted by Gasteiger charge is 2.32. The molecule has 5 heteroatoms. The van der Waals surface area contributed by atoms with Crippen molar-refractivity contribution in [1.82, 2.24) is 14.7 Å². The van der Waals surface area contributed by atoms with Crippen molar-refractivity contribution < 1.29 is 4.79 Å². The molecule has 0 bridgehead atoms. The molecule has 0 spiro atoms. The van der Waals surface area contributed by atoms with Crippen LogP contribution >= 0.6 is 0 Å². The fourth-order valence-electron chi connectivity index (χ4n) is 4.26. The summed E-state index contributed by atoms with van der Waals surface area (Å²) < 4.78 is 1.34. The SMILES string of the molecule is O=C(c1nn(-c2ccccc2)c(=O)c2ccccc12)N1CCCC1c1ccccc1. The van der Waals surface area contributed by atoms with Crippen molar-refractivity contribution in [3.05, 3.63) is 107 Å². The maximum atomic E-state index is 13.7. The Kier molecular flexibility index (Phi) is 4.64. The molecular formula is C25H21N3O2. The number of hydrogen-bond acceptors (Lipinski definition) is 3. The van der Waals surface area contributed by atoms with E-state index in [1.54, 1.807) is 12.1 Å². The molecule has 1 atom stereocenters. The molecule has 148 valence electrons. The monoisotopic (exact) mass is 395 g/mol. The van der Waals surface area contributed by atoms with Crippen LogP contribution in [0.3, 0.4) is 0 Å². The second-order valence-corrected chi connectivity index (χ2v) is 7.51. The minimum Gasteiger partial charge on any atom is -0.330 e. The predicted octanol–water partition coefficient (Wildman–Crippen LogP) is 4.36. The number of likely N-dealkylation sites (tertiary alicyclic amines) is 1. The van der Waals surface area contributed by atoms with Crippen LogP contribution < -0.4 is 5.56 Å². The summed E-state index contributed by atoms with van der Waals surface area (Å²) in [6, 6.07) is 26.6. The third-order valence-corrected chi connectivity index (χ3v) is 5.71. The Morgan fingerprint density at radius 3 is 2.20 bits per heavy atom. The van der Waals surface area contributed by atoms with Crippen molar-refractivity contribution in [1.29, 1.82) is 0 Å². The minimum absolute atomic E-state index is 0.0244. The number of aromatic nitrogens is 2. The van der Waals surface area contributed by atoms with E-state index < -0.39 is 0 Å². The second-order valence-electron chi connectivity index (χ2n) is 7.51. The summed E-state index contributed by atoms with van der Waals surface area (Å²) in [5.41, 5.74) is 1.86. The lowest BCUT2D eigenvalue weighted by Gasteiger charge is -2.25. The Labute approximate surface area is 174 Å². The molecule has 0 N–H and O–H groups in total. The molecule has 1 aliphatic rings. The summed E-state index contributed by atoms with van der Waals surface area (Å²) in [6.07, 6.45) is 1.87. The highest BCUT2D eigenvalue weighted by atomic mass is 16.2. The number of amides is 1. The van der Waals surface area contributed by atoms with Crippen molar-refractivity contribution in [2.24, 2.45) is 0 Å². The molecule has 1 saturated heterocycles. The fourth-order valence-corrected chi connectivity index (χ4v) is 4.26. The zero-order chi connectivity index (χ0) is 20.5. The molecular weight excluding hydrogens is 374 g/mol. The molecule has 1 unspecified atom stereocenters. The van der Waals surface area contributed by atoms with Gasteiger partial charge in [0.25, 0.3) is 11.5 Å². The average Bonchev–Trinajstić information content (AvgIpc) is 3.30. The summed E-state index contributed by atoms with van der Waals surface area (Å²) in [4.78, 5) is 28.7. The Balaban J connectivity index is 1.66. The molecule has 5 nitrogen and oxygen atoms in total. The normalized spacial score (nSPS) is 16.1. The zero-order valence-corrected chi connectivity index (χ0v) is 16.4. The van der Waals surface area contributed by atoms with Gasteiger partial charge in [-0.05, 0) is 36.6 Å². The zero-order valence-electron chi connectivity index (χ0n) is 16.4. The maximum absolute atomic E-state index is 13.7. The molecule has 2 heterocycles. The molecule has 5 rings (SSSR count). The maximum Gasteiger partial charge on any atom is 0.279 e. The number of benzene rings is 3. The largest absolute Gasteiger partial charge is 0.330 e. The summed E-state index contributed by atoms with van der Waals surface area (Å²) >= 11 is 0. The molecule has 1 aliphatic heterocycles. The molecule has 0 aliphatic carbocycles. The number of rotatable bonds is 3. The molecule has 0 saturated carbocycles. The van der Waals surface area contributed by atoms with Crippen molar-refractivity contribution in [2.45, 2.75) is 18.9 Å². The molecule has 1 aromatic heterocycles. The van der Waals surface area contributed by atoms with Crippen LogP contribution in [0.1, 0.15) is 34.9 Å². The first kappa shape index (κ1) is 18.3. The smallest absolute Gasteiger partial charge is 0.279 e. The van der Waals surface area contributed by atoms with E-state index in [2.05, 4.69) is 17.2 Å². The predicted molar refractivity (Wildman–Crippen MR) is 117 cm³/mol. The first-order chi connectivity index (χ1) is 14.7. The van der Waals surface area contributed by atoms with Gasteiger partial charge in [0.05, 0.1) is 17.1 Å². The Morgan fingerprint density at radius 2 is 1.47 bits per heavy atom. The number of para-hydroxylation sites is 1. The standard InChI is InChI=1S/C25H21N3O2/c29-24-21-15-8-7-14-20(21)23(26-28(24)19-12-5-2-6-13-19)25(30)27-17-9-16-22(27)18-10-3-1-4-11-18/h1-8,10-15,22H,9,16-17H2. The van der Waals surface area contributed by atoms with E-state index in [-0.39, 0.29) is 17.5 Å². The second kappa shape index (κ2) is 7.59. The summed E-state index contributed by atoms with van der Waals surface area (Å²) in [5, 5.41) is 5.65. The summed E-state index contributed by atoms with van der Waals surface area (Å²) in [6.45, 7) is 0.679. The van der Waals surface area contributed by atoms with E-state index in [1.165, 1.54) is 4.68 Å². The Morgan fingerprint density at radius 1 is 0.833 bits per heavy atom. The van der Waals surface area contributed by atoms with E-state index >= 15 is 0 Å². The van der Waals surface area contributed by atoms with Crippen LogP contribution in [0, 0.1) is 0 Å². The van der Waals surface area contributed by atoms with Gasteiger partial charge in [-0.25, -0.2) is 0 Å². The fraction of sp³-hybridized carbons (Fsp3) is 0.160. The first-order valence-electron chi connectivity index (χ1n) is 10.2. The summed E-state index contributed by atoms with van der Waals surface area (Å²) in [7, 11) is 0. The molecule has 4 aromatic rings. The Bertz CT molecular complexity index is 1270. The lowest BCUT2D eigenvalue weighted by atomic mass is 10.0. The van der Waals surface area contributed by atoms with Gasteiger partial charge in [0.2, 0.25) is 0 Å². The molecule has 30 heavy (non-hydrogen) atoms. The highest BCUT2D eigenvalue weighted by Crippen LogP contribution is 2.33. The number of nitrogens with zero attached hydrogens (tertiary/aromatic N) is 3. The van der Waals surface area contributed by atoms with Gasteiger partial charge >= 0.3 is 0 Å². The Hall–Kier alpha value is -3.73. The van der Waals surface area contributed by atoms with Crippen molar-refractivity contribution in [3.8, 4) is 5.69 Å². The molecule has 1 fully saturated rings. The van der Waals surface area contributed by atoms with E-state index in [9.17, 15) is 9.59 Å². The topological polar surface area (TPSA) is 55.2 Å². The van der Waals surface area contributed by atoms with Gasteiger partial charge in [-0.3, -0.25) is 9.59 Å². The van der Waals surface area contributed by atoms with Gasteiger partial charge in [-0.2, -0.15) is 9.78 Å². The quantitative estimate of drug-likeness (QED) is 0.518. The number of hydrogen-bond donors (Lipinski definition) is 0. The van der Waals surface area contributed by atoms with Gasteiger partial charge in [0, 0.05) is 11.9 Å². The van der Waals surface area contributed by atoms with E-state index in [0.717, 1.165) is 18.4 Å². The van der Waals surface area contributed by atoms with E-state index in [1.807, 2.05) is 65.6 Å². The lowest BCUT2D eigenvalue weighted by molar-refractivity contribution is 0.0730. The number of carbonyl (C=O) groups excluding carboxylic acids is 1. The molecule has 0 radical (unpaired) electrons. The number of fused-ring (bicyclic) bond motifs is 1. The van der Waals surface area contributed by atoms with Crippen LogP contribution in [-0.2, 0) is 0 Å². The molecule has 3 aromatic carbocycles. The van der Waals surface area contributed by atoms with Gasteiger partial charge in [-0.1, -0.05) is 66.7 Å². The third kappa shape index (κ3) is 3.08. The van der Waals surface area contributed by atoms with Crippen LogP contribution in [0.4, 0.5) is 0 Å². The van der Waals surface area contributed by atoms with Gasteiger partial charge in [0.15, 0.2) is 5.69 Å². The van der Waals surface area contributed by atoms with Crippen molar-refractivity contribution in [2.75, 3.05) is 6.54 Å². The van der Waals surface area contributed by atoms with Gasteiger partial charge in [-0.15, -0.1) is 0 Å². The lowest BCUT2D eigenvalue weighted by Crippen LogP contribution is -2.34. The van der Waals surface area contributed by atoms with E-state index in [4.69, 9.17) is 0 Å². The van der Waals surface area contributed by atoms with Gasteiger partial charge in [0.1, 0.15) is 0 Å². The average molecular weight is 395 g/mol. The van der Waals surface area contributed by atoms with Crippen LogP contribution in [0.15, 0.2) is 89.7 Å². The molecule has 1 amide bonds. The third-order valence-electron chi connectivity index (χ3n) is 5.71. The van der Waals surface area contributed by atoms with Crippen molar-refractivity contribution in [3.63, 3.8) is 0 Å². The van der Waals surface area contributed by atoms with Gasteiger partial charge < -0.3 is 4.90 Å². The van der Waals surface area contributed by atoms with Crippen molar-refractivity contribution >= 4 is 16.7 Å². The minimum atomic E-state index is -0.227. The first-order valence-corrected chi connectivity index (χ1v) is 10.2. The van der Waals surface area contributed by atoms with Crippen LogP contribution in [0.5, 0.6) is 0 Å². The van der Waals surface area contributed by atoms with Crippen LogP contribution in [0.25, 0.3) is 16.5 Å². The summed E-state index contributed by atoms with van der Waals surface area (Å²) in [5.74, 6) is -0.137. The van der Waals surface area contributed by atoms with E-state index in [0.29, 0.717) is 28.7 Å². The van der Waals surface area contributed by atoms with Crippen LogP contribution in [-0.4, -0.2) is 27.1 Å².